The zero-order valence-corrected chi connectivity index (χ0v) is 22.8. The molecule has 1 aromatic carbocycles. The van der Waals surface area contributed by atoms with Crippen molar-refractivity contribution >= 4 is 11.6 Å². The Hall–Kier alpha value is -2.10. The summed E-state index contributed by atoms with van der Waals surface area (Å²) in [4.78, 5) is 28.4. The molecule has 35 heavy (non-hydrogen) atoms. The van der Waals surface area contributed by atoms with E-state index < -0.39 is 11.5 Å². The van der Waals surface area contributed by atoms with Crippen LogP contribution in [0.2, 0.25) is 0 Å². The van der Waals surface area contributed by atoms with Gasteiger partial charge in [0.1, 0.15) is 11.5 Å². The summed E-state index contributed by atoms with van der Waals surface area (Å²) in [6.07, 6.45) is 3.94. The molecule has 1 aromatic rings. The Morgan fingerprint density at radius 1 is 0.914 bits per heavy atom. The molecule has 3 aliphatic carbocycles. The van der Waals surface area contributed by atoms with Crippen LogP contribution in [-0.4, -0.2) is 24.8 Å². The van der Waals surface area contributed by atoms with Gasteiger partial charge in [-0.1, -0.05) is 41.5 Å². The summed E-state index contributed by atoms with van der Waals surface area (Å²) in [5.41, 5.74) is 4.19. The highest BCUT2D eigenvalue weighted by Crippen LogP contribution is 2.57. The van der Waals surface area contributed by atoms with E-state index in [4.69, 9.17) is 9.47 Å². The van der Waals surface area contributed by atoms with Gasteiger partial charge in [-0.3, -0.25) is 9.59 Å². The summed E-state index contributed by atoms with van der Waals surface area (Å²) < 4.78 is 12.7. The number of hydrogen-bond donors (Lipinski definition) is 0. The van der Waals surface area contributed by atoms with E-state index in [1.54, 1.807) is 7.11 Å². The first-order chi connectivity index (χ1) is 16.5. The van der Waals surface area contributed by atoms with Crippen molar-refractivity contribution in [3.63, 3.8) is 0 Å². The molecular weight excluding hydrogens is 436 g/mol. The number of methoxy groups -OCH3 is 1. The number of fused-ring (bicyclic) bond motifs is 4. The highest BCUT2D eigenvalue weighted by Gasteiger charge is 2.58. The van der Waals surface area contributed by atoms with E-state index in [1.807, 2.05) is 6.92 Å². The number of benzene rings is 1. The highest BCUT2D eigenvalue weighted by atomic mass is 16.5. The van der Waals surface area contributed by atoms with Crippen LogP contribution in [0.25, 0.3) is 0 Å². The molecule has 0 N–H and O–H groups in total. The molecule has 190 valence electrons. The smallest absolute Gasteiger partial charge is 0.201 e. The van der Waals surface area contributed by atoms with Crippen LogP contribution in [-0.2, 0) is 16.0 Å². The third kappa shape index (κ3) is 3.45. The molecule has 0 bridgehead atoms. The molecule has 5 rings (SSSR count). The van der Waals surface area contributed by atoms with Crippen molar-refractivity contribution in [3.8, 4) is 11.5 Å². The van der Waals surface area contributed by atoms with Crippen molar-refractivity contribution in [3.05, 3.63) is 33.9 Å². The van der Waals surface area contributed by atoms with Crippen molar-refractivity contribution in [1.82, 2.24) is 0 Å². The van der Waals surface area contributed by atoms with E-state index in [9.17, 15) is 9.59 Å². The maximum absolute atomic E-state index is 14.3. The molecule has 0 aromatic heterocycles. The number of Topliss-reactive ketones (excluding diaryl/α,β-unsaturated/α-hetero) is 2. The third-order valence-corrected chi connectivity index (χ3v) is 9.70. The highest BCUT2D eigenvalue weighted by molar-refractivity contribution is 6.17. The lowest BCUT2D eigenvalue weighted by Crippen LogP contribution is -2.58. The molecule has 0 saturated carbocycles. The minimum atomic E-state index is -0.875. The van der Waals surface area contributed by atoms with Crippen LogP contribution in [0.5, 0.6) is 11.5 Å². The SMILES string of the molecule is COc1cc2c(c3c1[C@@H](C)CC[C@@H]3C(C)C)O[C@H]1C(=O)C3=C(C(=O)[C@@]1(C)C2)[C@@H](C(C)C)CC[C@@H]3C. The fourth-order valence-electron chi connectivity index (χ4n) is 7.67. The quantitative estimate of drug-likeness (QED) is 0.480. The van der Waals surface area contributed by atoms with E-state index in [2.05, 4.69) is 47.6 Å². The molecule has 4 heteroatoms. The molecule has 4 aliphatic rings. The first-order valence-electron chi connectivity index (χ1n) is 13.7. The van der Waals surface area contributed by atoms with Gasteiger partial charge in [0.15, 0.2) is 11.9 Å². The lowest BCUT2D eigenvalue weighted by atomic mass is 9.57. The lowest BCUT2D eigenvalue weighted by Gasteiger charge is -2.49. The number of ketones is 2. The van der Waals surface area contributed by atoms with E-state index in [1.165, 1.54) is 11.1 Å². The molecule has 0 amide bonds. The van der Waals surface area contributed by atoms with Gasteiger partial charge in [-0.25, -0.2) is 0 Å². The van der Waals surface area contributed by atoms with Gasteiger partial charge in [0.25, 0.3) is 0 Å². The monoisotopic (exact) mass is 478 g/mol. The average Bonchev–Trinajstić information content (AvgIpc) is 2.80. The maximum atomic E-state index is 14.3. The van der Waals surface area contributed by atoms with Crippen LogP contribution < -0.4 is 9.47 Å². The van der Waals surface area contributed by atoms with Crippen LogP contribution in [0.4, 0.5) is 0 Å². The van der Waals surface area contributed by atoms with Gasteiger partial charge < -0.3 is 9.47 Å². The number of carbonyl (C=O) groups excluding carboxylic acids is 2. The fraction of sp³-hybridized carbons (Fsp3) is 0.677. The average molecular weight is 479 g/mol. The number of hydrogen-bond acceptors (Lipinski definition) is 4. The summed E-state index contributed by atoms with van der Waals surface area (Å²) in [7, 11) is 1.74. The maximum Gasteiger partial charge on any atom is 0.201 e. The van der Waals surface area contributed by atoms with E-state index in [0.717, 1.165) is 53.9 Å². The van der Waals surface area contributed by atoms with Crippen molar-refractivity contribution in [2.24, 2.45) is 29.1 Å². The summed E-state index contributed by atoms with van der Waals surface area (Å²) in [6.45, 7) is 15.2. The number of ether oxygens (including phenoxy) is 2. The van der Waals surface area contributed by atoms with E-state index >= 15 is 0 Å². The Kier molecular flexibility index (Phi) is 5.96. The normalized spacial score (nSPS) is 34.3. The molecular formula is C31H42O4. The third-order valence-electron chi connectivity index (χ3n) is 9.70. The minimum absolute atomic E-state index is 0.0557. The Bertz CT molecular complexity index is 1110. The van der Waals surface area contributed by atoms with Gasteiger partial charge >= 0.3 is 0 Å². The molecule has 0 saturated heterocycles. The summed E-state index contributed by atoms with van der Waals surface area (Å²) in [6, 6.07) is 2.10. The second kappa shape index (κ2) is 8.49. The second-order valence-corrected chi connectivity index (χ2v) is 12.7. The van der Waals surface area contributed by atoms with Crippen molar-refractivity contribution in [2.75, 3.05) is 7.11 Å². The van der Waals surface area contributed by atoms with Crippen molar-refractivity contribution in [2.45, 2.75) is 98.5 Å². The predicted molar refractivity (Wildman–Crippen MR) is 138 cm³/mol. The van der Waals surface area contributed by atoms with Gasteiger partial charge in [0.2, 0.25) is 5.78 Å². The Balaban J connectivity index is 1.70. The van der Waals surface area contributed by atoms with Gasteiger partial charge in [-0.15, -0.1) is 0 Å². The zero-order chi connectivity index (χ0) is 25.4. The predicted octanol–water partition coefficient (Wildman–Crippen LogP) is 6.79. The van der Waals surface area contributed by atoms with E-state index in [0.29, 0.717) is 30.1 Å². The molecule has 1 heterocycles. The first kappa shape index (κ1) is 24.6. The Morgan fingerprint density at radius 3 is 2.17 bits per heavy atom. The van der Waals surface area contributed by atoms with Crippen LogP contribution in [0.15, 0.2) is 17.2 Å². The van der Waals surface area contributed by atoms with Gasteiger partial charge in [0, 0.05) is 22.3 Å². The fourth-order valence-corrected chi connectivity index (χ4v) is 7.67. The summed E-state index contributed by atoms with van der Waals surface area (Å²) in [5.74, 6) is 3.75. The molecule has 4 nitrogen and oxygen atoms in total. The largest absolute Gasteiger partial charge is 0.496 e. The molecule has 1 aliphatic heterocycles. The van der Waals surface area contributed by atoms with Gasteiger partial charge in [0.05, 0.1) is 12.5 Å². The van der Waals surface area contributed by atoms with Crippen molar-refractivity contribution < 1.29 is 19.1 Å². The Labute approximate surface area is 210 Å². The minimum Gasteiger partial charge on any atom is -0.496 e. The molecule has 0 fully saturated rings. The number of carbonyl (C=O) groups is 2. The molecule has 0 radical (unpaired) electrons. The Morgan fingerprint density at radius 2 is 1.54 bits per heavy atom. The van der Waals surface area contributed by atoms with Crippen LogP contribution >= 0.6 is 0 Å². The number of rotatable bonds is 3. The van der Waals surface area contributed by atoms with Crippen LogP contribution in [0, 0.1) is 29.1 Å². The van der Waals surface area contributed by atoms with Crippen LogP contribution in [0.1, 0.15) is 103 Å². The molecule has 0 unspecified atom stereocenters. The second-order valence-electron chi connectivity index (χ2n) is 12.7. The lowest BCUT2D eigenvalue weighted by molar-refractivity contribution is -0.144. The summed E-state index contributed by atoms with van der Waals surface area (Å²) in [5, 5.41) is 0. The van der Waals surface area contributed by atoms with Gasteiger partial charge in [-0.05, 0) is 86.2 Å². The topological polar surface area (TPSA) is 52.6 Å². The number of allylic oxidation sites excluding steroid dienone is 1. The standard InChI is InChI=1S/C31H42O4/c1-15(2)20-11-9-17(5)23-22(34-8)13-19-14-31(7)29(33)26-21(16(3)4)12-10-18(6)24(26)27(32)30(31)35-28(19)25(20)23/h13,15-18,20-21,30H,9-12,14H2,1-8H3/t17-,18-,20+,21+,30-,31+/m0/s1. The van der Waals surface area contributed by atoms with Crippen LogP contribution in [0.3, 0.4) is 0 Å². The van der Waals surface area contributed by atoms with Gasteiger partial charge in [-0.2, -0.15) is 0 Å². The molecule has 6 atom stereocenters. The molecule has 0 spiro atoms. The summed E-state index contributed by atoms with van der Waals surface area (Å²) >= 11 is 0. The van der Waals surface area contributed by atoms with E-state index in [-0.39, 0.29) is 23.4 Å². The van der Waals surface area contributed by atoms with Crippen molar-refractivity contribution in [1.29, 1.82) is 0 Å². The first-order valence-corrected chi connectivity index (χ1v) is 13.7. The zero-order valence-electron chi connectivity index (χ0n) is 22.8.